The van der Waals surface area contributed by atoms with E-state index in [4.69, 9.17) is 9.47 Å². The van der Waals surface area contributed by atoms with Crippen molar-refractivity contribution in [1.82, 2.24) is 5.43 Å². The highest BCUT2D eigenvalue weighted by Gasteiger charge is 2.40. The van der Waals surface area contributed by atoms with Gasteiger partial charge < -0.3 is 14.6 Å². The minimum atomic E-state index is -1.96. The van der Waals surface area contributed by atoms with E-state index in [-0.39, 0.29) is 0 Å². The second-order valence-corrected chi connectivity index (χ2v) is 6.66. The molecule has 0 aliphatic heterocycles. The molecule has 31 heavy (non-hydrogen) atoms. The summed E-state index contributed by atoms with van der Waals surface area (Å²) < 4.78 is 10.4. The summed E-state index contributed by atoms with van der Waals surface area (Å²) in [6.07, 6.45) is 5.01. The van der Waals surface area contributed by atoms with Crippen molar-refractivity contribution in [3.8, 4) is 11.5 Å². The van der Waals surface area contributed by atoms with E-state index < -0.39 is 11.5 Å². The number of aliphatic hydroxyl groups is 1. The van der Waals surface area contributed by atoms with Crippen LogP contribution in [0.1, 0.15) is 16.7 Å². The lowest BCUT2D eigenvalue weighted by Crippen LogP contribution is -2.43. The lowest BCUT2D eigenvalue weighted by Gasteiger charge is -2.27. The van der Waals surface area contributed by atoms with Gasteiger partial charge in [0.15, 0.2) is 5.60 Å². The molecule has 0 aliphatic rings. The van der Waals surface area contributed by atoms with Crippen molar-refractivity contribution >= 4 is 18.2 Å². The molecular formula is C25H24N2O4. The molecule has 3 rings (SSSR count). The third-order valence-electron chi connectivity index (χ3n) is 4.76. The lowest BCUT2D eigenvalue weighted by molar-refractivity contribution is -0.136. The Balaban J connectivity index is 1.84. The number of nitrogens with zero attached hydrogens (tertiary/aromatic N) is 1. The SMILES string of the molecule is COc1ccc(C(O)(C(=O)N/N=C/C=C/c2ccccc2)c2ccc(OC)cc2)cc1. The fraction of sp³-hybridized carbons (Fsp3) is 0.120. The van der Waals surface area contributed by atoms with Gasteiger partial charge in [0.2, 0.25) is 0 Å². The number of rotatable bonds is 8. The standard InChI is InChI=1S/C25H24N2O4/c1-30-22-14-10-20(11-15-22)25(29,21-12-16-23(31-2)17-13-21)24(28)27-26-18-6-9-19-7-4-3-5-8-19/h3-18,29H,1-2H3,(H,27,28)/b9-6+,26-18+. The Morgan fingerprint density at radius 2 is 1.39 bits per heavy atom. The molecule has 1 amide bonds. The first kappa shape index (κ1) is 21.8. The fourth-order valence-corrected chi connectivity index (χ4v) is 3.03. The maximum absolute atomic E-state index is 13.0. The molecule has 0 radical (unpaired) electrons. The van der Waals surface area contributed by atoms with E-state index in [1.54, 1.807) is 68.8 Å². The van der Waals surface area contributed by atoms with Crippen LogP contribution in [0.4, 0.5) is 0 Å². The molecule has 0 saturated heterocycles. The Bertz CT molecular complexity index is 996. The monoisotopic (exact) mass is 416 g/mol. The molecule has 0 fully saturated rings. The maximum Gasteiger partial charge on any atom is 0.281 e. The molecule has 0 heterocycles. The van der Waals surface area contributed by atoms with Crippen molar-refractivity contribution in [3.63, 3.8) is 0 Å². The van der Waals surface area contributed by atoms with Crippen molar-refractivity contribution in [2.24, 2.45) is 5.10 Å². The minimum absolute atomic E-state index is 0.381. The zero-order chi connectivity index (χ0) is 22.1. The van der Waals surface area contributed by atoms with Crippen LogP contribution in [0.25, 0.3) is 6.08 Å². The van der Waals surface area contributed by atoms with Crippen LogP contribution in [0.5, 0.6) is 11.5 Å². The van der Waals surface area contributed by atoms with Gasteiger partial charge in [0.1, 0.15) is 11.5 Å². The van der Waals surface area contributed by atoms with Crippen molar-refractivity contribution in [1.29, 1.82) is 0 Å². The molecule has 0 bridgehead atoms. The Labute approximate surface area is 181 Å². The quantitative estimate of drug-likeness (QED) is 0.433. The molecule has 6 nitrogen and oxygen atoms in total. The number of benzene rings is 3. The van der Waals surface area contributed by atoms with Crippen molar-refractivity contribution in [3.05, 3.63) is 102 Å². The molecule has 0 aromatic heterocycles. The van der Waals surface area contributed by atoms with Crippen LogP contribution < -0.4 is 14.9 Å². The number of hydrogen-bond acceptors (Lipinski definition) is 5. The number of hydrazone groups is 1. The molecule has 158 valence electrons. The van der Waals surface area contributed by atoms with E-state index in [1.165, 1.54) is 6.21 Å². The molecule has 0 spiro atoms. The van der Waals surface area contributed by atoms with E-state index in [0.29, 0.717) is 22.6 Å². The van der Waals surface area contributed by atoms with E-state index in [0.717, 1.165) is 5.56 Å². The predicted molar refractivity (Wildman–Crippen MR) is 121 cm³/mol. The average Bonchev–Trinajstić information content (AvgIpc) is 2.84. The molecule has 0 saturated carbocycles. The number of nitrogens with one attached hydrogen (secondary N) is 1. The topological polar surface area (TPSA) is 80.2 Å². The first-order valence-electron chi connectivity index (χ1n) is 9.64. The van der Waals surface area contributed by atoms with Crippen LogP contribution in [0.3, 0.4) is 0 Å². The van der Waals surface area contributed by atoms with Gasteiger partial charge in [0.25, 0.3) is 5.91 Å². The van der Waals surface area contributed by atoms with Gasteiger partial charge >= 0.3 is 0 Å². The Kier molecular flexibility index (Phi) is 7.19. The predicted octanol–water partition coefficient (Wildman–Crippen LogP) is 3.76. The average molecular weight is 416 g/mol. The molecule has 3 aromatic rings. The number of hydrogen-bond donors (Lipinski definition) is 2. The smallest absolute Gasteiger partial charge is 0.281 e. The van der Waals surface area contributed by atoms with E-state index in [1.807, 2.05) is 36.4 Å². The summed E-state index contributed by atoms with van der Waals surface area (Å²) in [5.41, 5.74) is 2.24. The van der Waals surface area contributed by atoms with Gasteiger partial charge in [0, 0.05) is 6.21 Å². The molecular weight excluding hydrogens is 392 g/mol. The van der Waals surface area contributed by atoms with Crippen LogP contribution in [0, 0.1) is 0 Å². The maximum atomic E-state index is 13.0. The van der Waals surface area contributed by atoms with Crippen molar-refractivity contribution < 1.29 is 19.4 Å². The van der Waals surface area contributed by atoms with Crippen LogP contribution in [0.15, 0.2) is 90.0 Å². The molecule has 0 aliphatic carbocycles. The summed E-state index contributed by atoms with van der Waals surface area (Å²) in [5, 5.41) is 15.4. The van der Waals surface area contributed by atoms with Crippen molar-refractivity contribution in [2.75, 3.05) is 14.2 Å². The third-order valence-corrected chi connectivity index (χ3v) is 4.76. The van der Waals surface area contributed by atoms with E-state index >= 15 is 0 Å². The molecule has 6 heteroatoms. The number of allylic oxidation sites excluding steroid dienone is 1. The van der Waals surface area contributed by atoms with Gasteiger partial charge in [-0.1, -0.05) is 60.7 Å². The second kappa shape index (κ2) is 10.2. The zero-order valence-corrected chi connectivity index (χ0v) is 17.4. The van der Waals surface area contributed by atoms with E-state index in [9.17, 15) is 9.90 Å². The number of amides is 1. The number of carbonyl (C=O) groups excluding carboxylic acids is 1. The lowest BCUT2D eigenvalue weighted by atomic mass is 9.85. The molecule has 2 N–H and O–H groups in total. The summed E-state index contributed by atoms with van der Waals surface area (Å²) in [4.78, 5) is 13.0. The number of carbonyl (C=O) groups is 1. The summed E-state index contributed by atoms with van der Waals surface area (Å²) >= 11 is 0. The Morgan fingerprint density at radius 3 is 1.87 bits per heavy atom. The highest BCUT2D eigenvalue weighted by Crippen LogP contribution is 2.32. The number of methoxy groups -OCH3 is 2. The Morgan fingerprint density at radius 1 is 0.871 bits per heavy atom. The van der Waals surface area contributed by atoms with Crippen LogP contribution in [-0.4, -0.2) is 31.4 Å². The first-order valence-corrected chi connectivity index (χ1v) is 9.64. The highest BCUT2D eigenvalue weighted by molar-refractivity contribution is 5.91. The number of ether oxygens (including phenoxy) is 2. The van der Waals surface area contributed by atoms with Gasteiger partial charge in [-0.15, -0.1) is 0 Å². The first-order chi connectivity index (χ1) is 15.1. The summed E-state index contributed by atoms with van der Waals surface area (Å²) in [6.45, 7) is 0. The largest absolute Gasteiger partial charge is 0.497 e. The highest BCUT2D eigenvalue weighted by atomic mass is 16.5. The van der Waals surface area contributed by atoms with Gasteiger partial charge in [-0.3, -0.25) is 4.79 Å². The summed E-state index contributed by atoms with van der Waals surface area (Å²) in [5.74, 6) is 0.544. The normalized spacial score (nSPS) is 11.6. The van der Waals surface area contributed by atoms with Gasteiger partial charge in [0.05, 0.1) is 14.2 Å². The van der Waals surface area contributed by atoms with Crippen LogP contribution in [-0.2, 0) is 10.4 Å². The zero-order valence-electron chi connectivity index (χ0n) is 17.4. The van der Waals surface area contributed by atoms with Crippen LogP contribution >= 0.6 is 0 Å². The minimum Gasteiger partial charge on any atom is -0.497 e. The van der Waals surface area contributed by atoms with Crippen LogP contribution in [0.2, 0.25) is 0 Å². The second-order valence-electron chi connectivity index (χ2n) is 6.66. The molecule has 0 atom stereocenters. The third kappa shape index (κ3) is 5.18. The van der Waals surface area contributed by atoms with E-state index in [2.05, 4.69) is 10.5 Å². The van der Waals surface area contributed by atoms with Gasteiger partial charge in [-0.05, 0) is 47.0 Å². The van der Waals surface area contributed by atoms with Crippen molar-refractivity contribution in [2.45, 2.75) is 5.60 Å². The Hall–Kier alpha value is -3.90. The van der Waals surface area contributed by atoms with Gasteiger partial charge in [-0.2, -0.15) is 5.10 Å². The summed E-state index contributed by atoms with van der Waals surface area (Å²) in [7, 11) is 3.10. The fourth-order valence-electron chi connectivity index (χ4n) is 3.03. The van der Waals surface area contributed by atoms with Gasteiger partial charge in [-0.25, -0.2) is 5.43 Å². The molecule has 0 unspecified atom stereocenters. The summed E-state index contributed by atoms with van der Waals surface area (Å²) in [6, 6.07) is 23.0. The molecule has 3 aromatic carbocycles.